The predicted octanol–water partition coefficient (Wildman–Crippen LogP) is 1.71. The maximum absolute atomic E-state index is 13.2. The smallest absolute Gasteiger partial charge is 0.179 e. The molecule has 4 nitrogen and oxygen atoms in total. The fourth-order valence-corrected chi connectivity index (χ4v) is 3.23. The van der Waals surface area contributed by atoms with E-state index in [1.165, 1.54) is 30.4 Å². The van der Waals surface area contributed by atoms with Gasteiger partial charge < -0.3 is 5.11 Å². The van der Waals surface area contributed by atoms with Gasteiger partial charge in [-0.1, -0.05) is 29.8 Å². The van der Waals surface area contributed by atoms with Gasteiger partial charge in [0, 0.05) is 6.54 Å². The highest BCUT2D eigenvalue weighted by molar-refractivity contribution is 7.95. The Morgan fingerprint density at radius 3 is 2.85 bits per heavy atom. The van der Waals surface area contributed by atoms with Crippen LogP contribution >= 0.6 is 11.6 Å². The Labute approximate surface area is 121 Å². The number of halogens is 2. The first-order valence-electron chi connectivity index (χ1n) is 5.88. The van der Waals surface area contributed by atoms with Crippen molar-refractivity contribution in [1.82, 2.24) is 5.32 Å². The Hall–Kier alpha value is -1.21. The van der Waals surface area contributed by atoms with E-state index in [0.29, 0.717) is 5.56 Å². The van der Waals surface area contributed by atoms with Gasteiger partial charge in [-0.3, -0.25) is 5.32 Å². The highest BCUT2D eigenvalue weighted by atomic mass is 35.5. The van der Waals surface area contributed by atoms with E-state index in [-0.39, 0.29) is 22.2 Å². The minimum absolute atomic E-state index is 0.0231. The Morgan fingerprint density at radius 2 is 2.20 bits per heavy atom. The molecule has 0 aliphatic carbocycles. The SMILES string of the molecule is O=S1(=O)CCNC(O)/C1=C\C=C\c1ccc(Cl)c(F)c1. The number of sulfone groups is 1. The molecule has 1 aromatic rings. The van der Waals surface area contributed by atoms with Crippen molar-refractivity contribution in [3.8, 4) is 0 Å². The summed E-state index contributed by atoms with van der Waals surface area (Å²) in [5.41, 5.74) is 0.541. The van der Waals surface area contributed by atoms with Crippen LogP contribution in [0.5, 0.6) is 0 Å². The summed E-state index contributed by atoms with van der Waals surface area (Å²) in [5, 5.41) is 12.3. The van der Waals surface area contributed by atoms with Crippen LogP contribution in [0, 0.1) is 5.82 Å². The van der Waals surface area contributed by atoms with E-state index < -0.39 is 21.9 Å². The fourth-order valence-electron chi connectivity index (χ4n) is 1.78. The van der Waals surface area contributed by atoms with Gasteiger partial charge >= 0.3 is 0 Å². The minimum Gasteiger partial charge on any atom is -0.374 e. The Kier molecular flexibility index (Phi) is 4.59. The molecule has 0 bridgehead atoms. The van der Waals surface area contributed by atoms with Crippen molar-refractivity contribution in [2.24, 2.45) is 0 Å². The first-order chi connectivity index (χ1) is 9.40. The highest BCUT2D eigenvalue weighted by Gasteiger charge is 2.28. The molecule has 0 spiro atoms. The summed E-state index contributed by atoms with van der Waals surface area (Å²) >= 11 is 5.56. The molecular weight excluding hydrogens is 305 g/mol. The van der Waals surface area contributed by atoms with Crippen molar-refractivity contribution in [2.45, 2.75) is 6.23 Å². The van der Waals surface area contributed by atoms with Crippen molar-refractivity contribution in [1.29, 1.82) is 0 Å². The average molecular weight is 318 g/mol. The van der Waals surface area contributed by atoms with Crippen molar-refractivity contribution in [2.75, 3.05) is 12.3 Å². The molecule has 0 amide bonds. The average Bonchev–Trinajstić information content (AvgIpc) is 2.37. The summed E-state index contributed by atoms with van der Waals surface area (Å²) in [6.07, 6.45) is 3.08. The van der Waals surface area contributed by atoms with Gasteiger partial charge in [0.2, 0.25) is 0 Å². The molecule has 2 N–H and O–H groups in total. The van der Waals surface area contributed by atoms with Crippen LogP contribution in [0.3, 0.4) is 0 Å². The Bertz CT molecular complexity index is 670. The zero-order chi connectivity index (χ0) is 14.8. The normalized spacial score (nSPS) is 24.4. The largest absolute Gasteiger partial charge is 0.374 e. The summed E-state index contributed by atoms with van der Waals surface area (Å²) in [6.45, 7) is 0.215. The monoisotopic (exact) mass is 317 g/mol. The van der Waals surface area contributed by atoms with E-state index in [0.717, 1.165) is 0 Å². The van der Waals surface area contributed by atoms with E-state index in [2.05, 4.69) is 5.32 Å². The second-order valence-electron chi connectivity index (χ2n) is 4.28. The third-order valence-electron chi connectivity index (χ3n) is 2.83. The van der Waals surface area contributed by atoms with Gasteiger partial charge in [-0.2, -0.15) is 0 Å². The lowest BCUT2D eigenvalue weighted by Gasteiger charge is -2.21. The second-order valence-corrected chi connectivity index (χ2v) is 6.79. The van der Waals surface area contributed by atoms with E-state index in [1.807, 2.05) is 0 Å². The molecule has 20 heavy (non-hydrogen) atoms. The van der Waals surface area contributed by atoms with Crippen LogP contribution in [0.2, 0.25) is 5.02 Å². The highest BCUT2D eigenvalue weighted by Crippen LogP contribution is 2.18. The molecule has 1 atom stereocenters. The fraction of sp³-hybridized carbons (Fsp3) is 0.231. The Morgan fingerprint density at radius 1 is 1.45 bits per heavy atom. The van der Waals surface area contributed by atoms with Gasteiger partial charge in [0.25, 0.3) is 0 Å². The second kappa shape index (κ2) is 6.05. The summed E-state index contributed by atoms with van der Waals surface area (Å²) in [4.78, 5) is -0.0885. The summed E-state index contributed by atoms with van der Waals surface area (Å²) in [6, 6.07) is 4.25. The van der Waals surface area contributed by atoms with Crippen molar-refractivity contribution in [3.63, 3.8) is 0 Å². The quantitative estimate of drug-likeness (QED) is 0.871. The molecule has 1 fully saturated rings. The van der Waals surface area contributed by atoms with Gasteiger partial charge in [0.05, 0.1) is 15.7 Å². The van der Waals surface area contributed by atoms with E-state index >= 15 is 0 Å². The first-order valence-corrected chi connectivity index (χ1v) is 7.91. The zero-order valence-electron chi connectivity index (χ0n) is 10.4. The molecule has 0 aromatic heterocycles. The molecule has 1 saturated heterocycles. The van der Waals surface area contributed by atoms with E-state index in [9.17, 15) is 17.9 Å². The van der Waals surface area contributed by atoms with Crippen molar-refractivity contribution < 1.29 is 17.9 Å². The lowest BCUT2D eigenvalue weighted by molar-refractivity contribution is 0.179. The maximum atomic E-state index is 13.2. The summed E-state index contributed by atoms with van der Waals surface area (Å²) in [7, 11) is -3.44. The number of allylic oxidation sites excluding steroid dienone is 2. The lowest BCUT2D eigenvalue weighted by atomic mass is 10.2. The minimum atomic E-state index is -3.44. The zero-order valence-corrected chi connectivity index (χ0v) is 12.0. The molecule has 0 radical (unpaired) electrons. The number of hydrogen-bond acceptors (Lipinski definition) is 4. The molecule has 1 unspecified atom stereocenters. The van der Waals surface area contributed by atoms with Crippen LogP contribution in [-0.2, 0) is 9.84 Å². The molecule has 1 aliphatic heterocycles. The number of rotatable bonds is 2. The molecule has 108 valence electrons. The predicted molar refractivity (Wildman–Crippen MR) is 76.3 cm³/mol. The third-order valence-corrected chi connectivity index (χ3v) is 4.96. The van der Waals surface area contributed by atoms with Gasteiger partial charge in [0.1, 0.15) is 12.0 Å². The summed E-state index contributed by atoms with van der Waals surface area (Å²) < 4.78 is 36.7. The first kappa shape index (κ1) is 15.2. The van der Waals surface area contributed by atoms with Crippen LogP contribution in [0.4, 0.5) is 4.39 Å². The Balaban J connectivity index is 2.22. The maximum Gasteiger partial charge on any atom is 0.179 e. The molecule has 0 saturated carbocycles. The molecular formula is C13H13ClFNO3S. The van der Waals surface area contributed by atoms with E-state index in [4.69, 9.17) is 11.6 Å². The van der Waals surface area contributed by atoms with Gasteiger partial charge in [0.15, 0.2) is 9.84 Å². The third kappa shape index (κ3) is 3.46. The van der Waals surface area contributed by atoms with Crippen LogP contribution < -0.4 is 5.32 Å². The standard InChI is InChI=1S/C13H13ClFNO3S/c14-10-5-4-9(8-11(10)15)2-1-3-12-13(17)16-6-7-20(12,18)19/h1-5,8,13,16-17H,6-7H2/b2-1+,12-3+. The summed E-state index contributed by atoms with van der Waals surface area (Å²) in [5.74, 6) is -0.604. The van der Waals surface area contributed by atoms with Crippen LogP contribution in [0.1, 0.15) is 5.56 Å². The molecule has 1 aliphatic rings. The molecule has 2 rings (SSSR count). The number of nitrogens with one attached hydrogen (secondary N) is 1. The van der Waals surface area contributed by atoms with E-state index in [1.54, 1.807) is 6.07 Å². The van der Waals surface area contributed by atoms with Crippen molar-refractivity contribution in [3.05, 3.63) is 51.7 Å². The molecule has 1 aromatic carbocycles. The van der Waals surface area contributed by atoms with Gasteiger partial charge in [-0.25, -0.2) is 12.8 Å². The topological polar surface area (TPSA) is 66.4 Å². The molecule has 1 heterocycles. The number of aliphatic hydroxyl groups is 1. The van der Waals surface area contributed by atoms with Crippen molar-refractivity contribution >= 4 is 27.5 Å². The van der Waals surface area contributed by atoms with Crippen LogP contribution in [-0.4, -0.2) is 32.0 Å². The number of benzene rings is 1. The van der Waals surface area contributed by atoms with Crippen LogP contribution in [0.15, 0.2) is 35.3 Å². The lowest BCUT2D eigenvalue weighted by Crippen LogP contribution is -2.43. The number of aliphatic hydroxyl groups excluding tert-OH is 1. The molecule has 7 heteroatoms. The van der Waals surface area contributed by atoms with Gasteiger partial charge in [-0.15, -0.1) is 0 Å². The number of hydrogen-bond donors (Lipinski definition) is 2. The van der Waals surface area contributed by atoms with Crippen LogP contribution in [0.25, 0.3) is 6.08 Å². The van der Waals surface area contributed by atoms with Gasteiger partial charge in [-0.05, 0) is 23.8 Å².